The number of rotatable bonds is 0. The van der Waals surface area contributed by atoms with Gasteiger partial charge in [0.25, 0.3) is 0 Å². The summed E-state index contributed by atoms with van der Waals surface area (Å²) in [4.78, 5) is 0. The second-order valence-corrected chi connectivity index (χ2v) is 5.92. The maximum absolute atomic E-state index is 6.14. The van der Waals surface area contributed by atoms with Gasteiger partial charge in [-0.3, -0.25) is 0 Å². The Morgan fingerprint density at radius 3 is 2.00 bits per heavy atom. The van der Waals surface area contributed by atoms with Gasteiger partial charge in [-0.2, -0.15) is 0 Å². The average Bonchev–Trinajstić information content (AvgIpc) is 2.62. The average molecular weight is 370 g/mol. The highest BCUT2D eigenvalue weighted by Crippen LogP contribution is 2.47. The lowest BCUT2D eigenvalue weighted by Gasteiger charge is -2.10. The largest absolute Gasteiger partial charge is 0.456 e. The Balaban J connectivity index is 2.16. The fraction of sp³-hybridized carbons (Fsp3) is 0. The number of ether oxygens (including phenoxy) is 1. The molecule has 0 aliphatic carbocycles. The molecular weight excluding hydrogens is 359 g/mol. The Labute approximate surface area is 131 Å². The van der Waals surface area contributed by atoms with Crippen molar-refractivity contribution in [2.45, 2.75) is 0 Å². The van der Waals surface area contributed by atoms with E-state index in [9.17, 15) is 0 Å². The third-order valence-corrected chi connectivity index (χ3v) is 4.47. The van der Waals surface area contributed by atoms with Crippen molar-refractivity contribution >= 4 is 22.6 Å². The van der Waals surface area contributed by atoms with Gasteiger partial charge in [0.15, 0.2) is 0 Å². The summed E-state index contributed by atoms with van der Waals surface area (Å²) < 4.78 is 7.38. The lowest BCUT2D eigenvalue weighted by atomic mass is 9.95. The third-order valence-electron chi connectivity index (χ3n) is 3.57. The fourth-order valence-electron chi connectivity index (χ4n) is 2.68. The predicted octanol–water partition coefficient (Wildman–Crippen LogP) is 5.73. The molecule has 1 heterocycles. The van der Waals surface area contributed by atoms with Gasteiger partial charge in [0, 0.05) is 20.3 Å². The minimum absolute atomic E-state index is 0.917. The molecule has 0 spiro atoms. The molecule has 0 N–H and O–H groups in total. The van der Waals surface area contributed by atoms with E-state index in [0.29, 0.717) is 0 Å². The number of benzene rings is 3. The molecule has 0 aromatic heterocycles. The quantitative estimate of drug-likeness (QED) is 0.359. The normalized spacial score (nSPS) is 11.7. The molecule has 1 nitrogen and oxygen atoms in total. The van der Waals surface area contributed by atoms with Crippen molar-refractivity contribution < 1.29 is 4.74 Å². The molecule has 1 aliphatic rings. The Hall–Kier alpha value is -1.81. The molecule has 0 bridgehead atoms. The van der Waals surface area contributed by atoms with Crippen molar-refractivity contribution in [3.8, 4) is 33.8 Å². The summed E-state index contributed by atoms with van der Waals surface area (Å²) in [5.41, 5.74) is 4.80. The summed E-state index contributed by atoms with van der Waals surface area (Å²) in [6.07, 6.45) is 0. The van der Waals surface area contributed by atoms with Crippen LogP contribution in [0.2, 0.25) is 0 Å². The summed E-state index contributed by atoms with van der Waals surface area (Å²) in [5, 5.41) is 0. The van der Waals surface area contributed by atoms with Gasteiger partial charge in [0.05, 0.1) is 0 Å². The van der Waals surface area contributed by atoms with Crippen LogP contribution < -0.4 is 4.74 Å². The Morgan fingerprint density at radius 1 is 0.600 bits per heavy atom. The molecule has 0 radical (unpaired) electrons. The van der Waals surface area contributed by atoms with Gasteiger partial charge in [-0.15, -0.1) is 0 Å². The second kappa shape index (κ2) is 4.63. The summed E-state index contributed by atoms with van der Waals surface area (Å²) in [6.45, 7) is 0. The number of hydrogen-bond acceptors (Lipinski definition) is 1. The fourth-order valence-corrected chi connectivity index (χ4v) is 3.47. The molecular formula is C18H11IO. The molecule has 96 valence electrons. The SMILES string of the molecule is Ic1cccc2c1-c1ccccc1Oc1ccccc1-2. The Bertz CT molecular complexity index is 808. The van der Waals surface area contributed by atoms with Crippen LogP contribution in [0, 0.1) is 3.57 Å². The zero-order valence-electron chi connectivity index (χ0n) is 10.6. The molecule has 20 heavy (non-hydrogen) atoms. The predicted molar refractivity (Wildman–Crippen MR) is 90.1 cm³/mol. The molecule has 3 aromatic rings. The minimum Gasteiger partial charge on any atom is -0.456 e. The zero-order chi connectivity index (χ0) is 13.5. The van der Waals surface area contributed by atoms with E-state index in [2.05, 4.69) is 65.1 Å². The van der Waals surface area contributed by atoms with Crippen molar-refractivity contribution in [1.29, 1.82) is 0 Å². The molecule has 0 unspecified atom stereocenters. The molecule has 2 heteroatoms. The van der Waals surface area contributed by atoms with Crippen LogP contribution in [0.4, 0.5) is 0 Å². The minimum atomic E-state index is 0.917. The highest BCUT2D eigenvalue weighted by molar-refractivity contribution is 14.1. The van der Waals surface area contributed by atoms with Crippen LogP contribution in [0.3, 0.4) is 0 Å². The van der Waals surface area contributed by atoms with Crippen molar-refractivity contribution in [2.75, 3.05) is 0 Å². The maximum Gasteiger partial charge on any atom is 0.135 e. The van der Waals surface area contributed by atoms with E-state index < -0.39 is 0 Å². The Kier molecular flexibility index (Phi) is 2.77. The topological polar surface area (TPSA) is 9.23 Å². The van der Waals surface area contributed by atoms with Crippen LogP contribution in [0.1, 0.15) is 0 Å². The van der Waals surface area contributed by atoms with E-state index in [0.717, 1.165) is 22.6 Å². The van der Waals surface area contributed by atoms with Gasteiger partial charge in [-0.05, 0) is 46.4 Å². The van der Waals surface area contributed by atoms with Gasteiger partial charge in [0.1, 0.15) is 11.5 Å². The van der Waals surface area contributed by atoms with Gasteiger partial charge in [-0.25, -0.2) is 0 Å². The first-order valence-electron chi connectivity index (χ1n) is 6.50. The molecule has 0 fully saturated rings. The summed E-state index contributed by atoms with van der Waals surface area (Å²) >= 11 is 2.40. The molecule has 1 aliphatic heterocycles. The number of hydrogen-bond donors (Lipinski definition) is 0. The smallest absolute Gasteiger partial charge is 0.135 e. The van der Waals surface area contributed by atoms with E-state index in [1.54, 1.807) is 0 Å². The van der Waals surface area contributed by atoms with Crippen LogP contribution in [-0.2, 0) is 0 Å². The van der Waals surface area contributed by atoms with E-state index in [1.165, 1.54) is 14.7 Å². The number of fused-ring (bicyclic) bond motifs is 5. The standard InChI is InChI=1S/C18H11IO/c19-15-9-5-8-13-12-6-1-3-10-16(12)20-17-11-4-2-7-14(17)18(13)15/h1-11H. The molecule has 0 saturated heterocycles. The first kappa shape index (κ1) is 12.0. The lowest BCUT2D eigenvalue weighted by molar-refractivity contribution is 0.487. The molecule has 0 saturated carbocycles. The first-order chi connectivity index (χ1) is 9.84. The van der Waals surface area contributed by atoms with Crippen molar-refractivity contribution in [2.24, 2.45) is 0 Å². The van der Waals surface area contributed by atoms with Gasteiger partial charge in [0.2, 0.25) is 0 Å². The van der Waals surface area contributed by atoms with Crippen LogP contribution in [-0.4, -0.2) is 0 Å². The second-order valence-electron chi connectivity index (χ2n) is 4.76. The summed E-state index contributed by atoms with van der Waals surface area (Å²) in [7, 11) is 0. The van der Waals surface area contributed by atoms with Gasteiger partial charge in [-0.1, -0.05) is 48.5 Å². The highest BCUT2D eigenvalue weighted by atomic mass is 127. The van der Waals surface area contributed by atoms with Gasteiger partial charge >= 0.3 is 0 Å². The van der Waals surface area contributed by atoms with Gasteiger partial charge < -0.3 is 4.74 Å². The van der Waals surface area contributed by atoms with E-state index in [1.807, 2.05) is 24.3 Å². The third kappa shape index (κ3) is 1.75. The highest BCUT2D eigenvalue weighted by Gasteiger charge is 2.21. The first-order valence-corrected chi connectivity index (χ1v) is 7.57. The number of halogens is 1. The van der Waals surface area contributed by atoms with E-state index >= 15 is 0 Å². The maximum atomic E-state index is 6.14. The monoisotopic (exact) mass is 370 g/mol. The van der Waals surface area contributed by atoms with Crippen molar-refractivity contribution in [3.63, 3.8) is 0 Å². The summed E-state index contributed by atoms with van der Waals surface area (Å²) in [5.74, 6) is 1.84. The molecule has 0 atom stereocenters. The van der Waals surface area contributed by atoms with Crippen LogP contribution in [0.15, 0.2) is 66.7 Å². The molecule has 3 aromatic carbocycles. The van der Waals surface area contributed by atoms with Crippen molar-refractivity contribution in [1.82, 2.24) is 0 Å². The zero-order valence-corrected chi connectivity index (χ0v) is 12.8. The Morgan fingerprint density at radius 2 is 1.20 bits per heavy atom. The van der Waals surface area contributed by atoms with Crippen molar-refractivity contribution in [3.05, 3.63) is 70.3 Å². The summed E-state index contributed by atoms with van der Waals surface area (Å²) in [6, 6.07) is 22.9. The van der Waals surface area contributed by atoms with E-state index in [-0.39, 0.29) is 0 Å². The molecule has 0 amide bonds. The van der Waals surface area contributed by atoms with E-state index in [4.69, 9.17) is 4.74 Å². The van der Waals surface area contributed by atoms with Crippen LogP contribution >= 0.6 is 22.6 Å². The lowest BCUT2D eigenvalue weighted by Crippen LogP contribution is -1.87. The van der Waals surface area contributed by atoms with Crippen LogP contribution in [0.25, 0.3) is 22.3 Å². The number of para-hydroxylation sites is 2. The molecule has 4 rings (SSSR count). The van der Waals surface area contributed by atoms with Crippen LogP contribution in [0.5, 0.6) is 11.5 Å².